The third-order valence-electron chi connectivity index (χ3n) is 3.49. The van der Waals surface area contributed by atoms with Crippen molar-refractivity contribution in [3.05, 3.63) is 0 Å². The van der Waals surface area contributed by atoms with E-state index in [4.69, 9.17) is 0 Å². The number of nitrogens with one attached hydrogen (secondary N) is 1. The van der Waals surface area contributed by atoms with Gasteiger partial charge < -0.3 is 10.4 Å². The molecule has 2 atom stereocenters. The van der Waals surface area contributed by atoms with Crippen molar-refractivity contribution in [2.75, 3.05) is 19.6 Å². The molecule has 0 radical (unpaired) electrons. The van der Waals surface area contributed by atoms with Crippen molar-refractivity contribution in [2.24, 2.45) is 17.8 Å². The molecule has 2 N–H and O–H groups in total. The fourth-order valence-corrected chi connectivity index (χ4v) is 2.63. The first kappa shape index (κ1) is 20.4. The second-order valence-electron chi connectivity index (χ2n) is 6.80. The molecule has 0 heterocycles. The summed E-state index contributed by atoms with van der Waals surface area (Å²) < 4.78 is 0. The molecular weight excluding hydrogens is 264 g/mol. The van der Waals surface area contributed by atoms with Crippen LogP contribution in [-0.2, 0) is 4.79 Å². The number of hydrogen-bond donors (Lipinski definition) is 2. The standard InChI is InChI=1S/C17H36N2O2/c1-7-9-10-15(16(20)18-8-2)17(21)19(11-13(3)4)12-14(5)6/h13-15,17,21H,7-12H2,1-6H3,(H,18,20). The Bertz CT molecular complexity index is 270. The van der Waals surface area contributed by atoms with Gasteiger partial charge in [-0.25, -0.2) is 0 Å². The molecule has 0 bridgehead atoms. The Morgan fingerprint density at radius 3 is 2.00 bits per heavy atom. The van der Waals surface area contributed by atoms with E-state index in [9.17, 15) is 9.90 Å². The van der Waals surface area contributed by atoms with Crippen LogP contribution >= 0.6 is 0 Å². The predicted molar refractivity (Wildman–Crippen MR) is 89.0 cm³/mol. The summed E-state index contributed by atoms with van der Waals surface area (Å²) in [6.45, 7) is 14.9. The highest BCUT2D eigenvalue weighted by Crippen LogP contribution is 2.19. The normalized spacial score (nSPS) is 14.8. The van der Waals surface area contributed by atoms with Gasteiger partial charge in [0.1, 0.15) is 6.23 Å². The largest absolute Gasteiger partial charge is 0.378 e. The zero-order chi connectivity index (χ0) is 16.4. The van der Waals surface area contributed by atoms with Crippen LogP contribution in [0.3, 0.4) is 0 Å². The van der Waals surface area contributed by atoms with Gasteiger partial charge in [-0.1, -0.05) is 47.5 Å². The summed E-state index contributed by atoms with van der Waals surface area (Å²) in [4.78, 5) is 14.3. The minimum Gasteiger partial charge on any atom is -0.378 e. The van der Waals surface area contributed by atoms with Gasteiger partial charge in [0, 0.05) is 19.6 Å². The van der Waals surface area contributed by atoms with E-state index in [1.165, 1.54) is 0 Å². The molecule has 0 aliphatic rings. The highest BCUT2D eigenvalue weighted by molar-refractivity contribution is 5.79. The zero-order valence-corrected chi connectivity index (χ0v) is 14.9. The van der Waals surface area contributed by atoms with Crippen LogP contribution in [0.4, 0.5) is 0 Å². The van der Waals surface area contributed by atoms with Gasteiger partial charge in [-0.2, -0.15) is 0 Å². The highest BCUT2D eigenvalue weighted by atomic mass is 16.3. The summed E-state index contributed by atoms with van der Waals surface area (Å²) >= 11 is 0. The molecule has 0 fully saturated rings. The molecule has 0 aliphatic carbocycles. The number of aliphatic hydroxyl groups excluding tert-OH is 1. The first-order valence-electron chi connectivity index (χ1n) is 8.53. The van der Waals surface area contributed by atoms with Crippen LogP contribution in [0.2, 0.25) is 0 Å². The van der Waals surface area contributed by atoms with E-state index >= 15 is 0 Å². The van der Waals surface area contributed by atoms with E-state index in [0.717, 1.165) is 32.4 Å². The Balaban J connectivity index is 4.96. The second-order valence-corrected chi connectivity index (χ2v) is 6.80. The molecule has 2 unspecified atom stereocenters. The molecule has 0 rings (SSSR count). The Hall–Kier alpha value is -0.610. The molecule has 4 nitrogen and oxygen atoms in total. The van der Waals surface area contributed by atoms with Gasteiger partial charge in [-0.05, 0) is 25.2 Å². The molecule has 126 valence electrons. The lowest BCUT2D eigenvalue weighted by atomic mass is 9.97. The predicted octanol–water partition coefficient (Wildman–Crippen LogP) is 2.86. The number of carbonyl (C=O) groups excluding carboxylic acids is 1. The van der Waals surface area contributed by atoms with Crippen molar-refractivity contribution in [1.29, 1.82) is 0 Å². The average molecular weight is 300 g/mol. The van der Waals surface area contributed by atoms with Crippen LogP contribution in [0.15, 0.2) is 0 Å². The molecule has 4 heteroatoms. The minimum atomic E-state index is -0.687. The quantitative estimate of drug-likeness (QED) is 0.577. The van der Waals surface area contributed by atoms with E-state index in [-0.39, 0.29) is 11.8 Å². The Labute approximate surface area is 131 Å². The monoisotopic (exact) mass is 300 g/mol. The van der Waals surface area contributed by atoms with Gasteiger partial charge in [0.25, 0.3) is 0 Å². The summed E-state index contributed by atoms with van der Waals surface area (Å²) in [5.74, 6) is 0.595. The Kier molecular flexibility index (Phi) is 10.7. The van der Waals surface area contributed by atoms with Gasteiger partial charge in [0.05, 0.1) is 5.92 Å². The van der Waals surface area contributed by atoms with Crippen molar-refractivity contribution < 1.29 is 9.90 Å². The van der Waals surface area contributed by atoms with Crippen molar-refractivity contribution >= 4 is 5.91 Å². The number of unbranched alkanes of at least 4 members (excludes halogenated alkanes) is 1. The van der Waals surface area contributed by atoms with E-state index in [2.05, 4.69) is 44.8 Å². The molecular formula is C17H36N2O2. The van der Waals surface area contributed by atoms with Gasteiger partial charge >= 0.3 is 0 Å². The lowest BCUT2D eigenvalue weighted by molar-refractivity contribution is -0.136. The third-order valence-corrected chi connectivity index (χ3v) is 3.49. The summed E-state index contributed by atoms with van der Waals surface area (Å²) in [6, 6.07) is 0. The second kappa shape index (κ2) is 11.0. The maximum Gasteiger partial charge on any atom is 0.227 e. The molecule has 0 aliphatic heterocycles. The number of rotatable bonds is 11. The van der Waals surface area contributed by atoms with E-state index in [1.54, 1.807) is 0 Å². The zero-order valence-electron chi connectivity index (χ0n) is 14.9. The average Bonchev–Trinajstić information content (AvgIpc) is 2.37. The molecule has 0 saturated heterocycles. The smallest absolute Gasteiger partial charge is 0.227 e. The summed E-state index contributed by atoms with van der Waals surface area (Å²) in [6.07, 6.45) is 2.07. The molecule has 0 aromatic carbocycles. The van der Waals surface area contributed by atoms with Crippen molar-refractivity contribution in [1.82, 2.24) is 10.2 Å². The van der Waals surface area contributed by atoms with E-state index < -0.39 is 6.23 Å². The SMILES string of the molecule is CCCCC(C(=O)NCC)C(O)N(CC(C)C)CC(C)C. The van der Waals surface area contributed by atoms with Crippen LogP contribution < -0.4 is 5.32 Å². The summed E-state index contributed by atoms with van der Waals surface area (Å²) in [5.41, 5.74) is 0. The first-order valence-corrected chi connectivity index (χ1v) is 8.53. The fourth-order valence-electron chi connectivity index (χ4n) is 2.63. The van der Waals surface area contributed by atoms with Gasteiger partial charge in [-0.15, -0.1) is 0 Å². The molecule has 0 spiro atoms. The lowest BCUT2D eigenvalue weighted by Crippen LogP contribution is -2.49. The Morgan fingerprint density at radius 1 is 1.10 bits per heavy atom. The van der Waals surface area contributed by atoms with E-state index in [0.29, 0.717) is 18.4 Å². The van der Waals surface area contributed by atoms with Crippen molar-refractivity contribution in [3.63, 3.8) is 0 Å². The fraction of sp³-hybridized carbons (Fsp3) is 0.941. The number of hydrogen-bond acceptors (Lipinski definition) is 3. The summed E-state index contributed by atoms with van der Waals surface area (Å²) in [5, 5.41) is 13.6. The Morgan fingerprint density at radius 2 is 1.62 bits per heavy atom. The van der Waals surface area contributed by atoms with Crippen LogP contribution in [0.5, 0.6) is 0 Å². The van der Waals surface area contributed by atoms with Gasteiger partial charge in [0.2, 0.25) is 5.91 Å². The maximum atomic E-state index is 12.3. The first-order chi connectivity index (χ1) is 9.83. The molecule has 1 amide bonds. The molecule has 0 aromatic heterocycles. The van der Waals surface area contributed by atoms with Crippen molar-refractivity contribution in [3.8, 4) is 0 Å². The van der Waals surface area contributed by atoms with Crippen LogP contribution in [0.1, 0.15) is 60.8 Å². The van der Waals surface area contributed by atoms with Crippen molar-refractivity contribution in [2.45, 2.75) is 67.0 Å². The lowest BCUT2D eigenvalue weighted by Gasteiger charge is -2.35. The highest BCUT2D eigenvalue weighted by Gasteiger charge is 2.31. The topological polar surface area (TPSA) is 52.6 Å². The third kappa shape index (κ3) is 8.42. The number of nitrogens with zero attached hydrogens (tertiary/aromatic N) is 1. The van der Waals surface area contributed by atoms with Crippen LogP contribution in [0, 0.1) is 17.8 Å². The maximum absolute atomic E-state index is 12.3. The molecule has 21 heavy (non-hydrogen) atoms. The summed E-state index contributed by atoms with van der Waals surface area (Å²) in [7, 11) is 0. The van der Waals surface area contributed by atoms with Crippen LogP contribution in [0.25, 0.3) is 0 Å². The van der Waals surface area contributed by atoms with Gasteiger partial charge in [-0.3, -0.25) is 9.69 Å². The number of aliphatic hydroxyl groups is 1. The number of amides is 1. The van der Waals surface area contributed by atoms with Gasteiger partial charge in [0.15, 0.2) is 0 Å². The van der Waals surface area contributed by atoms with E-state index in [1.807, 2.05) is 6.92 Å². The minimum absolute atomic E-state index is 0.0176. The van der Waals surface area contributed by atoms with Crippen LogP contribution in [-0.4, -0.2) is 41.8 Å². The molecule has 0 saturated carbocycles. The molecule has 0 aromatic rings. The number of carbonyl (C=O) groups is 1.